The Morgan fingerprint density at radius 1 is 1.22 bits per heavy atom. The molecule has 0 bridgehead atoms. The van der Waals surface area contributed by atoms with Gasteiger partial charge in [-0.1, -0.05) is 35.9 Å². The highest BCUT2D eigenvalue weighted by Crippen LogP contribution is 2.36. The Bertz CT molecular complexity index is 897. The monoisotopic (exact) mass is 386 g/mol. The van der Waals surface area contributed by atoms with Gasteiger partial charge in [0.25, 0.3) is 0 Å². The normalized spacial score (nSPS) is 16.1. The molecule has 2 aromatic rings. The molecule has 3 rings (SSSR count). The summed E-state index contributed by atoms with van der Waals surface area (Å²) in [7, 11) is 1.58. The lowest BCUT2D eigenvalue weighted by molar-refractivity contribution is -0.141. The van der Waals surface area contributed by atoms with E-state index in [1.54, 1.807) is 19.2 Å². The summed E-state index contributed by atoms with van der Waals surface area (Å²) in [5.74, 6) is -0.691. The predicted molar refractivity (Wildman–Crippen MR) is 102 cm³/mol. The minimum Gasteiger partial charge on any atom is -0.496 e. The molecule has 1 aliphatic heterocycles. The van der Waals surface area contributed by atoms with Crippen molar-refractivity contribution in [3.8, 4) is 5.75 Å². The number of carbonyl (C=O) groups is 2. The maximum atomic E-state index is 12.6. The van der Waals surface area contributed by atoms with Gasteiger partial charge in [-0.3, -0.25) is 9.59 Å². The average Bonchev–Trinajstić information content (AvgIpc) is 3.11. The van der Waals surface area contributed by atoms with Crippen LogP contribution in [0.25, 0.3) is 0 Å². The topological polar surface area (TPSA) is 79.2 Å². The van der Waals surface area contributed by atoms with Gasteiger partial charge in [0.05, 0.1) is 25.3 Å². The number of halogens is 1. The molecule has 0 saturated heterocycles. The van der Waals surface area contributed by atoms with Gasteiger partial charge < -0.3 is 9.84 Å². The number of methoxy groups -OCH3 is 1. The number of hydrogen-bond donors (Lipinski definition) is 1. The Kier molecular flexibility index (Phi) is 5.76. The third-order valence-corrected chi connectivity index (χ3v) is 4.61. The summed E-state index contributed by atoms with van der Waals surface area (Å²) in [5, 5.41) is 15.3. The zero-order chi connectivity index (χ0) is 19.4. The molecule has 27 heavy (non-hydrogen) atoms. The van der Waals surface area contributed by atoms with Crippen LogP contribution in [0.5, 0.6) is 5.75 Å². The van der Waals surface area contributed by atoms with E-state index in [1.807, 2.05) is 36.4 Å². The fourth-order valence-corrected chi connectivity index (χ4v) is 3.29. The number of hydrazone groups is 1. The molecule has 0 unspecified atom stereocenters. The maximum Gasteiger partial charge on any atom is 0.303 e. The van der Waals surface area contributed by atoms with E-state index in [0.717, 1.165) is 11.1 Å². The molecule has 140 valence electrons. The molecule has 2 aromatic carbocycles. The summed E-state index contributed by atoms with van der Waals surface area (Å²) in [6, 6.07) is 14.4. The van der Waals surface area contributed by atoms with Crippen LogP contribution in [0.15, 0.2) is 53.6 Å². The lowest BCUT2D eigenvalue weighted by Crippen LogP contribution is -2.27. The van der Waals surface area contributed by atoms with Crippen LogP contribution in [0.2, 0.25) is 5.02 Å². The van der Waals surface area contributed by atoms with Gasteiger partial charge in [-0.25, -0.2) is 5.01 Å². The summed E-state index contributed by atoms with van der Waals surface area (Å²) in [5.41, 5.74) is 2.36. The first-order valence-corrected chi connectivity index (χ1v) is 8.87. The van der Waals surface area contributed by atoms with Gasteiger partial charge in [-0.2, -0.15) is 5.10 Å². The number of aliphatic carboxylic acids is 1. The number of ether oxygens (including phenoxy) is 1. The van der Waals surface area contributed by atoms with Crippen molar-refractivity contribution in [3.63, 3.8) is 0 Å². The smallest absolute Gasteiger partial charge is 0.303 e. The standard InChI is InChI=1S/C20H19ClN2O4/c1-27-18-8-3-2-7-15(18)16-12-17(13-5-4-6-14(21)11-13)23(22-16)19(24)9-10-20(25)26/h2-8,11,17H,9-10,12H2,1H3,(H,25,26)/t17-/m0/s1. The number of rotatable bonds is 6. The summed E-state index contributed by atoms with van der Waals surface area (Å²) in [6.07, 6.45) is 0.131. The van der Waals surface area contributed by atoms with Gasteiger partial charge in [0, 0.05) is 23.4 Å². The van der Waals surface area contributed by atoms with E-state index < -0.39 is 5.97 Å². The van der Waals surface area contributed by atoms with Gasteiger partial charge in [-0.05, 0) is 29.8 Å². The zero-order valence-corrected chi connectivity index (χ0v) is 15.5. The summed E-state index contributed by atoms with van der Waals surface area (Å²) >= 11 is 6.12. The van der Waals surface area contributed by atoms with Crippen LogP contribution >= 0.6 is 11.6 Å². The van der Waals surface area contributed by atoms with Crippen molar-refractivity contribution < 1.29 is 19.4 Å². The first-order valence-electron chi connectivity index (χ1n) is 8.49. The largest absolute Gasteiger partial charge is 0.496 e. The summed E-state index contributed by atoms with van der Waals surface area (Å²) < 4.78 is 5.41. The van der Waals surface area contributed by atoms with Crippen molar-refractivity contribution in [2.24, 2.45) is 5.10 Å². The summed E-state index contributed by atoms with van der Waals surface area (Å²) in [6.45, 7) is 0. The molecule has 0 radical (unpaired) electrons. The van der Waals surface area contributed by atoms with E-state index >= 15 is 0 Å². The minimum atomic E-state index is -1.02. The molecule has 1 heterocycles. The van der Waals surface area contributed by atoms with E-state index in [0.29, 0.717) is 22.9 Å². The number of carbonyl (C=O) groups excluding carboxylic acids is 1. The quantitative estimate of drug-likeness (QED) is 0.816. The van der Waals surface area contributed by atoms with Crippen LogP contribution in [0.4, 0.5) is 0 Å². The molecular weight excluding hydrogens is 368 g/mol. The van der Waals surface area contributed by atoms with Crippen LogP contribution in [0.1, 0.15) is 36.4 Å². The fraction of sp³-hybridized carbons (Fsp3) is 0.250. The third kappa shape index (κ3) is 4.28. The molecule has 0 spiro atoms. The lowest BCUT2D eigenvalue weighted by atomic mass is 9.98. The molecule has 1 atom stereocenters. The minimum absolute atomic E-state index is 0.116. The first-order chi connectivity index (χ1) is 13.0. The first kappa shape index (κ1) is 18.9. The number of amides is 1. The Morgan fingerprint density at radius 2 is 2.00 bits per heavy atom. The number of hydrogen-bond acceptors (Lipinski definition) is 4. The van der Waals surface area contributed by atoms with E-state index in [4.69, 9.17) is 21.4 Å². The molecular formula is C20H19ClN2O4. The highest BCUT2D eigenvalue weighted by molar-refractivity contribution is 6.30. The van der Waals surface area contributed by atoms with Crippen molar-refractivity contribution >= 4 is 29.2 Å². The molecule has 1 aliphatic rings. The molecule has 0 fully saturated rings. The van der Waals surface area contributed by atoms with Gasteiger partial charge in [0.15, 0.2) is 0 Å². The fourth-order valence-electron chi connectivity index (χ4n) is 3.09. The van der Waals surface area contributed by atoms with Gasteiger partial charge in [-0.15, -0.1) is 0 Å². The Morgan fingerprint density at radius 3 is 2.70 bits per heavy atom. The highest BCUT2D eigenvalue weighted by Gasteiger charge is 2.34. The van der Waals surface area contributed by atoms with Crippen molar-refractivity contribution in [2.45, 2.75) is 25.3 Å². The molecule has 0 aliphatic carbocycles. The van der Waals surface area contributed by atoms with E-state index in [2.05, 4.69) is 5.10 Å². The van der Waals surface area contributed by atoms with Crippen LogP contribution in [0.3, 0.4) is 0 Å². The average molecular weight is 387 g/mol. The molecule has 0 saturated carbocycles. The molecule has 7 heteroatoms. The second-order valence-electron chi connectivity index (χ2n) is 6.15. The molecule has 1 N–H and O–H groups in total. The van der Waals surface area contributed by atoms with Gasteiger partial charge in [0.2, 0.25) is 5.91 Å². The van der Waals surface area contributed by atoms with Crippen LogP contribution in [0, 0.1) is 0 Å². The van der Waals surface area contributed by atoms with Crippen LogP contribution < -0.4 is 4.74 Å². The molecule has 6 nitrogen and oxygen atoms in total. The number of carboxylic acids is 1. The van der Waals surface area contributed by atoms with Gasteiger partial charge in [0.1, 0.15) is 5.75 Å². The second kappa shape index (κ2) is 8.22. The van der Waals surface area contributed by atoms with Crippen molar-refractivity contribution in [1.29, 1.82) is 0 Å². The Hall–Kier alpha value is -2.86. The zero-order valence-electron chi connectivity index (χ0n) is 14.8. The predicted octanol–water partition coefficient (Wildman–Crippen LogP) is 3.89. The van der Waals surface area contributed by atoms with Crippen molar-refractivity contribution in [1.82, 2.24) is 5.01 Å². The van der Waals surface area contributed by atoms with Crippen molar-refractivity contribution in [2.75, 3.05) is 7.11 Å². The Balaban J connectivity index is 1.96. The van der Waals surface area contributed by atoms with Crippen molar-refractivity contribution in [3.05, 3.63) is 64.7 Å². The van der Waals surface area contributed by atoms with Gasteiger partial charge >= 0.3 is 5.97 Å². The van der Waals surface area contributed by atoms with E-state index in [-0.39, 0.29) is 24.8 Å². The Labute approximate surface area is 162 Å². The van der Waals surface area contributed by atoms with Crippen LogP contribution in [-0.4, -0.2) is 34.8 Å². The lowest BCUT2D eigenvalue weighted by Gasteiger charge is -2.22. The third-order valence-electron chi connectivity index (χ3n) is 4.37. The number of nitrogens with zero attached hydrogens (tertiary/aromatic N) is 2. The number of carboxylic acid groups (broad SMARTS) is 1. The highest BCUT2D eigenvalue weighted by atomic mass is 35.5. The van der Waals surface area contributed by atoms with E-state index in [9.17, 15) is 9.59 Å². The van der Waals surface area contributed by atoms with Crippen LogP contribution in [-0.2, 0) is 9.59 Å². The second-order valence-corrected chi connectivity index (χ2v) is 6.59. The molecule has 1 amide bonds. The van der Waals surface area contributed by atoms with E-state index in [1.165, 1.54) is 5.01 Å². The maximum absolute atomic E-state index is 12.6. The summed E-state index contributed by atoms with van der Waals surface area (Å²) in [4.78, 5) is 23.5. The number of benzene rings is 2. The molecule has 0 aromatic heterocycles. The number of para-hydroxylation sites is 1. The SMILES string of the molecule is COc1ccccc1C1=NN(C(=O)CCC(=O)O)[C@H](c2cccc(Cl)c2)C1.